The van der Waals surface area contributed by atoms with Gasteiger partial charge < -0.3 is 14.2 Å². The maximum absolute atomic E-state index is 14.0. The number of carbonyl (C=O) groups is 1. The molecular weight excluding hydrogens is 460 g/mol. The van der Waals surface area contributed by atoms with Crippen molar-refractivity contribution in [1.82, 2.24) is 0 Å². The summed E-state index contributed by atoms with van der Waals surface area (Å²) in [5.41, 5.74) is 8.88. The average molecular weight is 487 g/mol. The van der Waals surface area contributed by atoms with E-state index in [1.165, 1.54) is 0 Å². The van der Waals surface area contributed by atoms with Crippen molar-refractivity contribution in [2.24, 2.45) is 0 Å². The van der Waals surface area contributed by atoms with Crippen LogP contribution in [-0.2, 0) is 0 Å². The summed E-state index contributed by atoms with van der Waals surface area (Å²) in [6.45, 7) is 0. The maximum atomic E-state index is 14.0. The first kappa shape index (κ1) is 22.9. The largest absolute Gasteiger partial charge is 0.497 e. The molecule has 0 saturated carbocycles. The highest BCUT2D eigenvalue weighted by molar-refractivity contribution is 6.36. The summed E-state index contributed by atoms with van der Waals surface area (Å²) >= 11 is 0. The van der Waals surface area contributed by atoms with Crippen molar-refractivity contribution >= 4 is 22.5 Å². The van der Waals surface area contributed by atoms with E-state index >= 15 is 0 Å². The number of allylic oxidation sites excluding steroid dienone is 4. The molecule has 0 radical (unpaired) electrons. The van der Waals surface area contributed by atoms with Crippen LogP contribution in [0.15, 0.2) is 103 Å². The Morgan fingerprint density at radius 1 is 0.514 bits per heavy atom. The van der Waals surface area contributed by atoms with Gasteiger partial charge >= 0.3 is 0 Å². The summed E-state index contributed by atoms with van der Waals surface area (Å²) in [6.07, 6.45) is 0. The fourth-order valence-corrected chi connectivity index (χ4v) is 5.54. The van der Waals surface area contributed by atoms with Crippen LogP contribution < -0.4 is 14.2 Å². The molecule has 0 aromatic heterocycles. The van der Waals surface area contributed by atoms with E-state index in [2.05, 4.69) is 42.5 Å². The van der Waals surface area contributed by atoms with Crippen molar-refractivity contribution in [3.8, 4) is 17.2 Å². The van der Waals surface area contributed by atoms with E-state index < -0.39 is 0 Å². The number of methoxy groups -OCH3 is 3. The molecule has 0 spiro atoms. The Morgan fingerprint density at radius 3 is 1.54 bits per heavy atom. The van der Waals surface area contributed by atoms with Crippen molar-refractivity contribution in [3.63, 3.8) is 0 Å². The van der Waals surface area contributed by atoms with Crippen LogP contribution in [-0.4, -0.2) is 27.1 Å². The highest BCUT2D eigenvalue weighted by Crippen LogP contribution is 2.59. The van der Waals surface area contributed by atoms with Crippen molar-refractivity contribution in [2.75, 3.05) is 21.3 Å². The Kier molecular flexibility index (Phi) is 5.65. The predicted molar refractivity (Wildman–Crippen MR) is 146 cm³/mol. The molecule has 1 atom stereocenters. The predicted octanol–water partition coefficient (Wildman–Crippen LogP) is 7.07. The third-order valence-electron chi connectivity index (χ3n) is 7.28. The van der Waals surface area contributed by atoms with Crippen molar-refractivity contribution < 1.29 is 19.0 Å². The molecule has 0 fully saturated rings. The highest BCUT2D eigenvalue weighted by Gasteiger charge is 2.44. The third kappa shape index (κ3) is 3.64. The molecule has 0 amide bonds. The molecule has 0 saturated heterocycles. The van der Waals surface area contributed by atoms with Crippen LogP contribution in [0.25, 0.3) is 16.7 Å². The molecule has 2 aliphatic rings. The number of benzene rings is 4. The Bertz CT molecular complexity index is 1560. The lowest BCUT2D eigenvalue weighted by atomic mass is 9.81. The summed E-state index contributed by atoms with van der Waals surface area (Å²) in [5, 5.41) is 0. The molecule has 4 aromatic carbocycles. The fourth-order valence-electron chi connectivity index (χ4n) is 5.54. The van der Waals surface area contributed by atoms with Crippen LogP contribution in [0.5, 0.6) is 17.2 Å². The van der Waals surface area contributed by atoms with Crippen molar-refractivity contribution in [2.45, 2.75) is 5.92 Å². The van der Waals surface area contributed by atoms with Crippen LogP contribution in [0.1, 0.15) is 38.5 Å². The minimum absolute atomic E-state index is 0.0842. The molecule has 0 aliphatic heterocycles. The number of fused-ring (bicyclic) bond motifs is 2. The Balaban J connectivity index is 1.67. The molecule has 0 heterocycles. The molecule has 4 nitrogen and oxygen atoms in total. The van der Waals surface area contributed by atoms with Gasteiger partial charge in [0, 0.05) is 17.1 Å². The minimum Gasteiger partial charge on any atom is -0.497 e. The van der Waals surface area contributed by atoms with E-state index in [1.54, 1.807) is 21.3 Å². The van der Waals surface area contributed by atoms with Crippen LogP contribution in [0.3, 0.4) is 0 Å². The lowest BCUT2D eigenvalue weighted by Crippen LogP contribution is -2.10. The zero-order valence-electron chi connectivity index (χ0n) is 20.9. The topological polar surface area (TPSA) is 44.8 Å². The maximum Gasteiger partial charge on any atom is 0.191 e. The zero-order chi connectivity index (χ0) is 25.5. The van der Waals surface area contributed by atoms with E-state index in [0.717, 1.165) is 67.4 Å². The van der Waals surface area contributed by atoms with Gasteiger partial charge in [-0.05, 0) is 75.4 Å². The second-order valence-corrected chi connectivity index (χ2v) is 9.12. The first-order chi connectivity index (χ1) is 18.1. The van der Waals surface area contributed by atoms with Gasteiger partial charge in [-0.1, -0.05) is 60.7 Å². The van der Waals surface area contributed by atoms with Crippen LogP contribution in [0.2, 0.25) is 0 Å². The summed E-state index contributed by atoms with van der Waals surface area (Å²) < 4.78 is 16.3. The number of ketones is 1. The minimum atomic E-state index is -0.230. The summed E-state index contributed by atoms with van der Waals surface area (Å²) in [6, 6.07) is 32.1. The van der Waals surface area contributed by atoms with Gasteiger partial charge in [0.25, 0.3) is 0 Å². The van der Waals surface area contributed by atoms with Gasteiger partial charge in [-0.15, -0.1) is 0 Å². The smallest absolute Gasteiger partial charge is 0.191 e. The number of rotatable bonds is 6. The molecule has 0 bridgehead atoms. The Labute approximate surface area is 216 Å². The first-order valence-corrected chi connectivity index (χ1v) is 12.2. The van der Waals surface area contributed by atoms with Crippen molar-refractivity contribution in [3.05, 3.63) is 130 Å². The zero-order valence-corrected chi connectivity index (χ0v) is 20.9. The van der Waals surface area contributed by atoms with Gasteiger partial charge in [-0.25, -0.2) is 0 Å². The number of ether oxygens (including phenoxy) is 3. The van der Waals surface area contributed by atoms with Gasteiger partial charge in [0.05, 0.1) is 21.3 Å². The second kappa shape index (κ2) is 9.14. The van der Waals surface area contributed by atoms with Gasteiger partial charge in [0.1, 0.15) is 17.2 Å². The van der Waals surface area contributed by atoms with Crippen LogP contribution in [0, 0.1) is 0 Å². The normalized spacial score (nSPS) is 16.1. The Morgan fingerprint density at radius 2 is 1.00 bits per heavy atom. The third-order valence-corrected chi connectivity index (χ3v) is 7.28. The molecule has 4 heteroatoms. The molecule has 0 N–H and O–H groups in total. The van der Waals surface area contributed by atoms with E-state index in [1.807, 2.05) is 54.6 Å². The lowest BCUT2D eigenvalue weighted by molar-refractivity contribution is 0.103. The van der Waals surface area contributed by atoms with E-state index in [-0.39, 0.29) is 11.7 Å². The standard InChI is InChI=1S/C33H26O4/c1-35-23-14-8-20(9-15-23)28-29(21-10-16-24(36-2)17-11-21)31-26-6-4-5-7-27(26)33(34)32(31)30(28)22-12-18-25(37-3)19-13-22/h4-19,30H,1-3H3/t30-/m0/s1. The van der Waals surface area contributed by atoms with Gasteiger partial charge in [-0.2, -0.15) is 0 Å². The number of Topliss-reactive ketones (excluding diaryl/α,β-unsaturated/α-hetero) is 1. The second-order valence-electron chi connectivity index (χ2n) is 9.12. The first-order valence-electron chi connectivity index (χ1n) is 12.2. The SMILES string of the molecule is COc1ccc(C2=C(c3ccc(OC)cc3)[C@H](c3ccc(OC)cc3)C3=C2c2ccccc2C3=O)cc1. The molecule has 6 rings (SSSR count). The molecule has 4 aromatic rings. The van der Waals surface area contributed by atoms with Crippen molar-refractivity contribution in [1.29, 1.82) is 0 Å². The molecule has 0 unspecified atom stereocenters. The number of hydrogen-bond acceptors (Lipinski definition) is 4. The fraction of sp³-hybridized carbons (Fsp3) is 0.121. The quantitative estimate of drug-likeness (QED) is 0.292. The van der Waals surface area contributed by atoms with Crippen LogP contribution in [0.4, 0.5) is 0 Å². The molecular formula is C33H26O4. The summed E-state index contributed by atoms with van der Waals surface area (Å²) in [7, 11) is 4.99. The summed E-state index contributed by atoms with van der Waals surface area (Å²) in [5.74, 6) is 2.21. The molecule has 182 valence electrons. The average Bonchev–Trinajstić information content (AvgIpc) is 3.46. The monoisotopic (exact) mass is 486 g/mol. The van der Waals surface area contributed by atoms with E-state index in [4.69, 9.17) is 14.2 Å². The molecule has 37 heavy (non-hydrogen) atoms. The van der Waals surface area contributed by atoms with E-state index in [0.29, 0.717) is 0 Å². The number of carbonyl (C=O) groups excluding carboxylic acids is 1. The molecule has 2 aliphatic carbocycles. The number of hydrogen-bond donors (Lipinski definition) is 0. The highest BCUT2D eigenvalue weighted by atomic mass is 16.5. The van der Waals surface area contributed by atoms with Gasteiger partial charge in [-0.3, -0.25) is 4.79 Å². The van der Waals surface area contributed by atoms with E-state index in [9.17, 15) is 4.79 Å². The lowest BCUT2D eigenvalue weighted by Gasteiger charge is -2.22. The Hall–Kier alpha value is -4.57. The van der Waals surface area contributed by atoms with Crippen LogP contribution >= 0.6 is 0 Å². The van der Waals surface area contributed by atoms with Gasteiger partial charge in [0.2, 0.25) is 0 Å². The van der Waals surface area contributed by atoms with Gasteiger partial charge in [0.15, 0.2) is 5.78 Å². The summed E-state index contributed by atoms with van der Waals surface area (Å²) in [4.78, 5) is 14.0.